The molecule has 2 atom stereocenters. The van der Waals surface area contributed by atoms with Crippen molar-refractivity contribution in [2.45, 2.75) is 83.5 Å². The van der Waals surface area contributed by atoms with Crippen LogP contribution in [0.2, 0.25) is 0 Å². The summed E-state index contributed by atoms with van der Waals surface area (Å²) >= 11 is 0. The lowest BCUT2D eigenvalue weighted by Crippen LogP contribution is -2.43. The Balaban J connectivity index is 1.70. The summed E-state index contributed by atoms with van der Waals surface area (Å²) in [6.45, 7) is 11.0. The predicted octanol–water partition coefficient (Wildman–Crippen LogP) is 2.85. The summed E-state index contributed by atoms with van der Waals surface area (Å²) in [5.74, 6) is 0. The molecule has 0 spiro atoms. The van der Waals surface area contributed by atoms with Gasteiger partial charge >= 0.3 is 6.09 Å². The van der Waals surface area contributed by atoms with E-state index in [2.05, 4.69) is 24.2 Å². The lowest BCUT2D eigenvalue weighted by Gasteiger charge is -2.30. The largest absolute Gasteiger partial charge is 0.444 e. The van der Waals surface area contributed by atoms with Crippen LogP contribution in [-0.2, 0) is 4.74 Å². The van der Waals surface area contributed by atoms with Gasteiger partial charge < -0.3 is 19.9 Å². The van der Waals surface area contributed by atoms with E-state index < -0.39 is 5.60 Å². The van der Waals surface area contributed by atoms with E-state index in [0.717, 1.165) is 44.9 Å². The molecule has 1 heterocycles. The van der Waals surface area contributed by atoms with Crippen molar-refractivity contribution in [2.75, 3.05) is 26.7 Å². The van der Waals surface area contributed by atoms with Crippen molar-refractivity contribution < 1.29 is 9.53 Å². The van der Waals surface area contributed by atoms with E-state index in [1.807, 2.05) is 25.7 Å². The van der Waals surface area contributed by atoms with Crippen LogP contribution >= 0.6 is 0 Å². The van der Waals surface area contributed by atoms with Crippen LogP contribution in [0.4, 0.5) is 4.79 Å². The highest BCUT2D eigenvalue weighted by atomic mass is 16.6. The molecule has 1 aliphatic heterocycles. The zero-order valence-electron chi connectivity index (χ0n) is 15.6. The average molecular weight is 325 g/mol. The summed E-state index contributed by atoms with van der Waals surface area (Å²) in [6.07, 6.45) is 5.75. The number of amides is 1. The fourth-order valence-electron chi connectivity index (χ4n) is 3.32. The summed E-state index contributed by atoms with van der Waals surface area (Å²) in [5, 5.41) is 3.61. The topological polar surface area (TPSA) is 44.8 Å². The van der Waals surface area contributed by atoms with Crippen LogP contribution in [-0.4, -0.2) is 66.3 Å². The lowest BCUT2D eigenvalue weighted by molar-refractivity contribution is 0.0214. The Hall–Kier alpha value is -0.810. The first-order chi connectivity index (χ1) is 10.8. The lowest BCUT2D eigenvalue weighted by atomic mass is 10.1. The molecule has 0 aromatic rings. The molecule has 2 aliphatic rings. The van der Waals surface area contributed by atoms with Gasteiger partial charge in [0.2, 0.25) is 0 Å². The van der Waals surface area contributed by atoms with Crippen LogP contribution < -0.4 is 5.32 Å². The molecule has 2 rings (SSSR count). The highest BCUT2D eigenvalue weighted by Crippen LogP contribution is 2.25. The molecular formula is C18H35N3O2. The fourth-order valence-corrected chi connectivity index (χ4v) is 3.32. The Kier molecular flexibility index (Phi) is 6.32. The Morgan fingerprint density at radius 3 is 2.65 bits per heavy atom. The first-order valence-corrected chi connectivity index (χ1v) is 9.19. The van der Waals surface area contributed by atoms with Gasteiger partial charge in [-0.15, -0.1) is 0 Å². The molecule has 0 aromatic heterocycles. The Bertz CT molecular complexity index is 390. The molecule has 1 N–H and O–H groups in total. The van der Waals surface area contributed by atoms with Gasteiger partial charge in [-0.3, -0.25) is 0 Å². The molecule has 1 amide bonds. The van der Waals surface area contributed by atoms with Crippen molar-refractivity contribution in [1.29, 1.82) is 0 Å². The van der Waals surface area contributed by atoms with Crippen LogP contribution in [0.1, 0.15) is 59.8 Å². The Morgan fingerprint density at radius 2 is 2.04 bits per heavy atom. The second-order valence-electron chi connectivity index (χ2n) is 8.27. The van der Waals surface area contributed by atoms with Crippen LogP contribution in [0, 0.1) is 0 Å². The summed E-state index contributed by atoms with van der Waals surface area (Å²) < 4.78 is 5.54. The smallest absolute Gasteiger partial charge is 0.410 e. The maximum absolute atomic E-state index is 12.3. The summed E-state index contributed by atoms with van der Waals surface area (Å²) in [5.41, 5.74) is -0.415. The van der Waals surface area contributed by atoms with Crippen molar-refractivity contribution in [3.05, 3.63) is 0 Å². The molecular weight excluding hydrogens is 290 g/mol. The van der Waals surface area contributed by atoms with E-state index >= 15 is 0 Å². The SMILES string of the molecule is CC(CC1CCCN1C(=O)OC(C)(C)C)NCCN(C)C1CC1. The summed E-state index contributed by atoms with van der Waals surface area (Å²) in [6, 6.07) is 1.56. The first kappa shape index (κ1) is 18.5. The fraction of sp³-hybridized carbons (Fsp3) is 0.944. The van der Waals surface area contributed by atoms with Crippen molar-refractivity contribution >= 4 is 6.09 Å². The number of likely N-dealkylation sites (tertiary alicyclic amines) is 1. The van der Waals surface area contributed by atoms with Crippen LogP contribution in [0.15, 0.2) is 0 Å². The highest BCUT2D eigenvalue weighted by Gasteiger charge is 2.33. The normalized spacial score (nSPS) is 23.4. The molecule has 134 valence electrons. The van der Waals surface area contributed by atoms with E-state index in [9.17, 15) is 4.79 Å². The second-order valence-corrected chi connectivity index (χ2v) is 8.27. The molecule has 0 radical (unpaired) electrons. The van der Waals surface area contributed by atoms with Gasteiger partial charge in [0, 0.05) is 37.8 Å². The third-order valence-electron chi connectivity index (χ3n) is 4.76. The summed E-state index contributed by atoms with van der Waals surface area (Å²) in [7, 11) is 2.21. The van der Waals surface area contributed by atoms with Gasteiger partial charge in [0.05, 0.1) is 0 Å². The van der Waals surface area contributed by atoms with Crippen molar-refractivity contribution in [1.82, 2.24) is 15.1 Å². The molecule has 0 aromatic carbocycles. The Morgan fingerprint density at radius 1 is 1.35 bits per heavy atom. The minimum Gasteiger partial charge on any atom is -0.444 e. The quantitative estimate of drug-likeness (QED) is 0.782. The third kappa shape index (κ3) is 6.30. The first-order valence-electron chi connectivity index (χ1n) is 9.19. The molecule has 23 heavy (non-hydrogen) atoms. The van der Waals surface area contributed by atoms with Gasteiger partial charge in [-0.2, -0.15) is 0 Å². The third-order valence-corrected chi connectivity index (χ3v) is 4.76. The maximum Gasteiger partial charge on any atom is 0.410 e. The molecule has 1 saturated carbocycles. The van der Waals surface area contributed by atoms with Gasteiger partial charge in [-0.25, -0.2) is 4.79 Å². The van der Waals surface area contributed by atoms with Crippen molar-refractivity contribution in [3.63, 3.8) is 0 Å². The average Bonchev–Trinajstić information content (AvgIpc) is 3.17. The molecule has 0 bridgehead atoms. The zero-order valence-corrected chi connectivity index (χ0v) is 15.6. The Labute approximate surface area is 141 Å². The van der Waals surface area contributed by atoms with E-state index in [4.69, 9.17) is 4.74 Å². The zero-order chi connectivity index (χ0) is 17.0. The van der Waals surface area contributed by atoms with E-state index in [1.165, 1.54) is 12.8 Å². The maximum atomic E-state index is 12.3. The van der Waals surface area contributed by atoms with E-state index in [0.29, 0.717) is 12.1 Å². The number of rotatable bonds is 7. The van der Waals surface area contributed by atoms with Crippen LogP contribution in [0.5, 0.6) is 0 Å². The number of nitrogens with one attached hydrogen (secondary N) is 1. The second kappa shape index (κ2) is 7.84. The molecule has 5 nitrogen and oxygen atoms in total. The van der Waals surface area contributed by atoms with Gasteiger partial charge in [-0.05, 0) is 66.8 Å². The number of hydrogen-bond acceptors (Lipinski definition) is 4. The number of ether oxygens (including phenoxy) is 1. The predicted molar refractivity (Wildman–Crippen MR) is 93.7 cm³/mol. The van der Waals surface area contributed by atoms with Gasteiger partial charge in [0.25, 0.3) is 0 Å². The molecule has 2 unspecified atom stereocenters. The number of nitrogens with zero attached hydrogens (tertiary/aromatic N) is 2. The van der Waals surface area contributed by atoms with Crippen LogP contribution in [0.25, 0.3) is 0 Å². The summed E-state index contributed by atoms with van der Waals surface area (Å²) in [4.78, 5) is 16.7. The van der Waals surface area contributed by atoms with E-state index in [1.54, 1.807) is 0 Å². The van der Waals surface area contributed by atoms with Gasteiger partial charge in [-0.1, -0.05) is 0 Å². The minimum absolute atomic E-state index is 0.152. The van der Waals surface area contributed by atoms with Gasteiger partial charge in [0.15, 0.2) is 0 Å². The number of likely N-dealkylation sites (N-methyl/N-ethyl adjacent to an activating group) is 1. The van der Waals surface area contributed by atoms with Gasteiger partial charge in [0.1, 0.15) is 5.60 Å². The number of carbonyl (C=O) groups is 1. The number of hydrogen-bond donors (Lipinski definition) is 1. The number of carbonyl (C=O) groups excluding carboxylic acids is 1. The standard InChI is InChI=1S/C18H35N3O2/c1-14(19-10-12-20(5)15-8-9-15)13-16-7-6-11-21(16)17(22)23-18(2,3)4/h14-16,19H,6-13H2,1-5H3. The highest BCUT2D eigenvalue weighted by molar-refractivity contribution is 5.68. The van der Waals surface area contributed by atoms with E-state index in [-0.39, 0.29) is 6.09 Å². The molecule has 1 saturated heterocycles. The van der Waals surface area contributed by atoms with Crippen molar-refractivity contribution in [2.24, 2.45) is 0 Å². The van der Waals surface area contributed by atoms with Crippen LogP contribution in [0.3, 0.4) is 0 Å². The monoisotopic (exact) mass is 325 g/mol. The molecule has 5 heteroatoms. The molecule has 1 aliphatic carbocycles. The molecule has 2 fully saturated rings. The van der Waals surface area contributed by atoms with Crippen molar-refractivity contribution in [3.8, 4) is 0 Å². The minimum atomic E-state index is -0.415.